The van der Waals surface area contributed by atoms with Crippen LogP contribution < -0.4 is 0 Å². The number of epoxide rings is 1. The van der Waals surface area contributed by atoms with Crippen LogP contribution in [0.4, 0.5) is 0 Å². The summed E-state index contributed by atoms with van der Waals surface area (Å²) in [5.74, 6) is 13.2. The molecule has 12 heteroatoms. The van der Waals surface area contributed by atoms with Crippen molar-refractivity contribution >= 4 is 19.7 Å². The first kappa shape index (κ1) is 84.7. The molecule has 0 spiro atoms. The van der Waals surface area contributed by atoms with E-state index in [4.69, 9.17) is 4.74 Å². The van der Waals surface area contributed by atoms with Gasteiger partial charge in [0, 0.05) is 0 Å². The van der Waals surface area contributed by atoms with E-state index in [-0.39, 0.29) is 17.3 Å². The Morgan fingerprint density at radius 1 is 0.444 bits per heavy atom. The maximum atomic E-state index is 13.8. The average molecular weight is 1530 g/mol. The van der Waals surface area contributed by atoms with Crippen molar-refractivity contribution in [2.24, 2.45) is 123 Å². The summed E-state index contributed by atoms with van der Waals surface area (Å²) in [6.45, 7) is 28.4. The Kier molecular flexibility index (Phi) is 27.5. The second-order valence-electron chi connectivity index (χ2n) is 40.0. The Balaban J connectivity index is 0.000000147. The monoisotopic (exact) mass is 1530 g/mol. The lowest BCUT2D eigenvalue weighted by molar-refractivity contribution is -0.0461. The minimum atomic E-state index is -3.51. The molecule has 608 valence electrons. The van der Waals surface area contributed by atoms with E-state index in [1.165, 1.54) is 116 Å². The normalized spacial score (nSPS) is 40.8. The molecule has 5 N–H and O–H groups in total. The molecule has 108 heavy (non-hydrogen) atoms. The van der Waals surface area contributed by atoms with Crippen LogP contribution in [0, 0.1) is 123 Å². The molecule has 10 nitrogen and oxygen atoms in total. The third-order valence-electron chi connectivity index (χ3n) is 34.7. The van der Waals surface area contributed by atoms with Gasteiger partial charge < -0.3 is 30.3 Å². The van der Waals surface area contributed by atoms with Gasteiger partial charge in [-0.15, -0.1) is 0 Å². The maximum Gasteiger partial charge on any atom is 0.181 e. The summed E-state index contributed by atoms with van der Waals surface area (Å²) in [5.41, 5.74) is 4.49. The molecule has 12 aliphatic carbocycles. The Morgan fingerprint density at radius 3 is 1.19 bits per heavy atom. The van der Waals surface area contributed by atoms with E-state index in [0.717, 1.165) is 168 Å². The smallest absolute Gasteiger partial charge is 0.181 e. The van der Waals surface area contributed by atoms with Crippen LogP contribution in [-0.4, -0.2) is 95.1 Å². The lowest BCUT2D eigenvalue weighted by Gasteiger charge is -2.55. The van der Waals surface area contributed by atoms with Gasteiger partial charge in [0.05, 0.1) is 62.5 Å². The van der Waals surface area contributed by atoms with Gasteiger partial charge in [0.25, 0.3) is 0 Å². The number of hydrogen-bond donors (Lipinski definition) is 5. The second kappa shape index (κ2) is 35.0. The highest BCUT2D eigenvalue weighted by Crippen LogP contribution is 2.69. The fourth-order valence-electron chi connectivity index (χ4n) is 27.8. The van der Waals surface area contributed by atoms with E-state index in [0.29, 0.717) is 87.4 Å². The zero-order valence-corrected chi connectivity index (χ0v) is 71.3. The van der Waals surface area contributed by atoms with Crippen molar-refractivity contribution in [3.63, 3.8) is 0 Å². The van der Waals surface area contributed by atoms with Crippen molar-refractivity contribution < 1.29 is 47.1 Å². The van der Waals surface area contributed by atoms with E-state index in [9.17, 15) is 42.4 Å². The quantitative estimate of drug-likeness (QED) is 0.0530. The molecule has 2 aromatic rings. The molecule has 0 bridgehead atoms. The predicted molar refractivity (Wildman–Crippen MR) is 441 cm³/mol. The van der Waals surface area contributed by atoms with Gasteiger partial charge in [-0.25, -0.2) is 16.8 Å². The zero-order chi connectivity index (χ0) is 77.4. The topological polar surface area (TPSA) is 182 Å². The highest BCUT2D eigenvalue weighted by atomic mass is 32.2. The Hall–Kier alpha value is -2.68. The van der Waals surface area contributed by atoms with Gasteiger partial charge in [-0.1, -0.05) is 167 Å². The highest BCUT2D eigenvalue weighted by Gasteiger charge is 2.61. The lowest BCUT2D eigenvalue weighted by Crippen LogP contribution is -2.48. The SMILES string of the molecule is CCC(O)CC(C[C@@H](C)[C@H]1CC[C@H]2[C@@H]3CC=C4C[C@](O)(CC)CC[C@@H]4[C@H]3CC[C@]12C)S(=O)(=O)c1ccccc1.CCC(O)CCC[C@@H](C)[C@H]1CC[C@H]2[C@@H]3CC=C4C[C@](O)(CC)CC[C@@H]4[C@H]3CC[C@]12C.CCC1CO1.CC[C@]1(O)CC[C@H]2C(=CC[C@@H]3[C@@H]2CC[C@]2(C)[C@@H]([C@H](C)CCS(=O)(=O)c4ccccc4)CC[C@@H]32)C1. The largest absolute Gasteiger partial charge is 0.393 e. The minimum Gasteiger partial charge on any atom is -0.393 e. The van der Waals surface area contributed by atoms with Gasteiger partial charge in [0.1, 0.15) is 0 Å². The Morgan fingerprint density at radius 2 is 0.824 bits per heavy atom. The molecule has 0 radical (unpaired) electrons. The summed E-state index contributed by atoms with van der Waals surface area (Å²) < 4.78 is 58.1. The molecule has 1 heterocycles. The lowest BCUT2D eigenvalue weighted by atomic mass is 9.50. The first-order valence-corrected chi connectivity index (χ1v) is 48.4. The second-order valence-corrected chi connectivity index (χ2v) is 44.3. The van der Waals surface area contributed by atoms with Crippen LogP contribution >= 0.6 is 0 Å². The van der Waals surface area contributed by atoms with Gasteiger partial charge in [0.15, 0.2) is 19.7 Å². The first-order valence-electron chi connectivity index (χ1n) is 45.2. The zero-order valence-electron chi connectivity index (χ0n) is 69.7. The fraction of sp³-hybridized carbons (Fsp3) is 0.812. The van der Waals surface area contributed by atoms with Crippen LogP contribution in [0.2, 0.25) is 0 Å². The molecule has 10 fully saturated rings. The van der Waals surface area contributed by atoms with Gasteiger partial charge in [-0.05, 0) is 365 Å². The van der Waals surface area contributed by atoms with Gasteiger partial charge in [-0.3, -0.25) is 0 Å². The Labute approximate surface area is 657 Å². The number of aliphatic hydroxyl groups is 5. The standard InChI is InChI=1S/C34H52O4S.C30H44O3S.C28H48O2.C4H8O/c1-5-25(35)21-27(39(37,38)26-10-8-7-9-11-26)20-23(3)31-14-15-32-30-13-12-24-22-34(36,6-2)19-17-28(24)29(30)16-18-33(31,32)4;1-4-30(31)18-15-24-22(20-30)10-11-26-25(24)14-17-29(3)27(12-13-28(26)29)21(2)16-19-34(32,33)23-8-6-5-7-9-23;1-5-21(29)9-7-8-19(3)25-12-13-26-24-11-10-20-18-28(30,6-2)17-15-22(20)23(24)14-16-27(25,26)4;1-2-4-3-5-4/h7-12,23,25,27-32,35-36H,5-6,13-22H2,1-4H3;5-10,21,24-28,31H,4,11-20H2,1-3H3;10,19,21-26,29-30H,5-9,11-18H2,1-4H3;4H,2-3H2,1H3/t23-,25?,27?,28+,29-,30-,31-,32+,33-,34+;21-,24+,25-,26-,27-,28+,29-,30+;19-,21?,22+,23-,24-,25-,26+,27-,28+;/m111./s1. The first-order chi connectivity index (χ1) is 51.4. The molecular weight excluding hydrogens is 1380 g/mol. The molecule has 0 aromatic heterocycles. The van der Waals surface area contributed by atoms with Crippen molar-refractivity contribution in [1.29, 1.82) is 0 Å². The third-order valence-corrected chi connectivity index (χ3v) is 38.6. The average Bonchev–Trinajstić information content (AvgIpc) is 1.56. The molecular formula is C96H152O10S2. The van der Waals surface area contributed by atoms with E-state index < -0.39 is 47.8 Å². The van der Waals surface area contributed by atoms with Crippen LogP contribution in [0.5, 0.6) is 0 Å². The number of aliphatic hydroxyl groups excluding tert-OH is 2. The van der Waals surface area contributed by atoms with Crippen LogP contribution in [0.1, 0.15) is 314 Å². The maximum absolute atomic E-state index is 13.8. The molecule has 1 saturated heterocycles. The van der Waals surface area contributed by atoms with Crippen molar-refractivity contribution in [3.8, 4) is 0 Å². The van der Waals surface area contributed by atoms with Crippen LogP contribution in [-0.2, 0) is 24.4 Å². The predicted octanol–water partition coefficient (Wildman–Crippen LogP) is 21.9. The third kappa shape index (κ3) is 17.8. The summed E-state index contributed by atoms with van der Waals surface area (Å²) in [6.07, 6.45) is 46.7. The summed E-state index contributed by atoms with van der Waals surface area (Å²) in [5, 5.41) is 52.7. The van der Waals surface area contributed by atoms with E-state index >= 15 is 0 Å². The number of fused-ring (bicyclic) bond motifs is 15. The van der Waals surface area contributed by atoms with Gasteiger partial charge in [-0.2, -0.15) is 0 Å². The fourth-order valence-corrected chi connectivity index (χ4v) is 31.2. The van der Waals surface area contributed by atoms with Gasteiger partial charge in [0.2, 0.25) is 0 Å². The molecule has 28 atom stereocenters. The molecule has 15 rings (SSSR count). The van der Waals surface area contributed by atoms with Crippen molar-refractivity contribution in [3.05, 3.63) is 95.6 Å². The van der Waals surface area contributed by atoms with Crippen LogP contribution in [0.25, 0.3) is 0 Å². The number of rotatable bonds is 23. The molecule has 2 aromatic carbocycles. The number of benzene rings is 2. The van der Waals surface area contributed by atoms with E-state index in [2.05, 4.69) is 94.4 Å². The molecule has 0 amide bonds. The van der Waals surface area contributed by atoms with Crippen molar-refractivity contribution in [2.75, 3.05) is 12.4 Å². The number of ether oxygens (including phenoxy) is 1. The van der Waals surface area contributed by atoms with Crippen LogP contribution in [0.3, 0.4) is 0 Å². The summed E-state index contributed by atoms with van der Waals surface area (Å²) in [6, 6.07) is 17.8. The number of sulfone groups is 2. The number of hydrogen-bond acceptors (Lipinski definition) is 10. The molecule has 13 aliphatic rings. The summed E-state index contributed by atoms with van der Waals surface area (Å²) in [7, 11) is -6.72. The summed E-state index contributed by atoms with van der Waals surface area (Å²) in [4.78, 5) is 0.847. The molecule has 9 saturated carbocycles. The van der Waals surface area contributed by atoms with Gasteiger partial charge >= 0.3 is 0 Å². The van der Waals surface area contributed by atoms with E-state index in [1.54, 1.807) is 53.1 Å². The molecule has 1 aliphatic heterocycles. The molecule has 4 unspecified atom stereocenters. The highest BCUT2D eigenvalue weighted by molar-refractivity contribution is 7.92. The Bertz CT molecular complexity index is 3590. The summed E-state index contributed by atoms with van der Waals surface area (Å²) >= 11 is 0. The van der Waals surface area contributed by atoms with E-state index in [1.807, 2.05) is 31.2 Å². The van der Waals surface area contributed by atoms with Crippen molar-refractivity contribution in [1.82, 2.24) is 0 Å². The van der Waals surface area contributed by atoms with Crippen LogP contribution in [0.15, 0.2) is 105 Å². The minimum absolute atomic E-state index is 0.0939. The number of allylic oxidation sites excluding steroid dienone is 3. The van der Waals surface area contributed by atoms with Crippen molar-refractivity contribution in [2.45, 2.75) is 364 Å².